The van der Waals surface area contributed by atoms with Gasteiger partial charge in [0.1, 0.15) is 9.51 Å². The SMILES string of the molecule is Cc1cccc[n+]1C1SC(=C(Br)C(=O)Nc2ccccc2)NC1=O. The van der Waals surface area contributed by atoms with Gasteiger partial charge in [0.2, 0.25) is 0 Å². The first-order valence-electron chi connectivity index (χ1n) is 7.27. The van der Waals surface area contributed by atoms with Crippen LogP contribution < -0.4 is 15.2 Å². The van der Waals surface area contributed by atoms with Crippen molar-refractivity contribution >= 4 is 45.2 Å². The second kappa shape index (κ2) is 7.19. The van der Waals surface area contributed by atoms with E-state index >= 15 is 0 Å². The smallest absolute Gasteiger partial charge is 0.305 e. The maximum Gasteiger partial charge on any atom is 0.305 e. The number of amides is 2. The van der Waals surface area contributed by atoms with E-state index in [0.29, 0.717) is 15.2 Å². The van der Waals surface area contributed by atoms with Crippen molar-refractivity contribution in [2.75, 3.05) is 5.32 Å². The number of carbonyl (C=O) groups excluding carboxylic acids is 2. The molecule has 2 amide bonds. The fraction of sp³-hybridized carbons (Fsp3) is 0.118. The third kappa shape index (κ3) is 3.52. The monoisotopic (exact) mass is 404 g/mol. The molecule has 1 aromatic carbocycles. The highest BCUT2D eigenvalue weighted by molar-refractivity contribution is 9.12. The van der Waals surface area contributed by atoms with Crippen LogP contribution in [-0.2, 0) is 9.59 Å². The van der Waals surface area contributed by atoms with Crippen molar-refractivity contribution in [1.29, 1.82) is 0 Å². The molecule has 5 nitrogen and oxygen atoms in total. The second-order valence-corrected chi connectivity index (χ2v) is 7.06. The summed E-state index contributed by atoms with van der Waals surface area (Å²) in [5.74, 6) is -0.460. The first-order valence-corrected chi connectivity index (χ1v) is 8.94. The number of pyridine rings is 1. The Morgan fingerprint density at radius 1 is 1.21 bits per heavy atom. The van der Waals surface area contributed by atoms with Gasteiger partial charge >= 0.3 is 5.91 Å². The molecule has 2 N–H and O–H groups in total. The molecular formula is C17H15BrN3O2S+. The largest absolute Gasteiger partial charge is 0.321 e. The molecule has 2 aromatic rings. The summed E-state index contributed by atoms with van der Waals surface area (Å²) in [4.78, 5) is 24.6. The number of hydrogen-bond acceptors (Lipinski definition) is 3. The number of carbonyl (C=O) groups is 2. The lowest BCUT2D eigenvalue weighted by atomic mass is 10.3. The van der Waals surface area contributed by atoms with E-state index in [1.54, 1.807) is 12.1 Å². The lowest BCUT2D eigenvalue weighted by molar-refractivity contribution is -0.692. The molecule has 1 atom stereocenters. The number of hydrogen-bond donors (Lipinski definition) is 2. The predicted molar refractivity (Wildman–Crippen MR) is 97.2 cm³/mol. The average Bonchev–Trinajstić information content (AvgIpc) is 2.97. The fourth-order valence-electron chi connectivity index (χ4n) is 2.27. The van der Waals surface area contributed by atoms with Gasteiger partial charge in [-0.2, -0.15) is 4.57 Å². The summed E-state index contributed by atoms with van der Waals surface area (Å²) in [5, 5.41) is 5.63. The quantitative estimate of drug-likeness (QED) is 0.610. The van der Waals surface area contributed by atoms with Crippen LogP contribution in [0, 0.1) is 6.92 Å². The third-order valence-electron chi connectivity index (χ3n) is 3.48. The zero-order valence-electron chi connectivity index (χ0n) is 12.8. The zero-order chi connectivity index (χ0) is 17.1. The molecule has 1 aliphatic rings. The van der Waals surface area contributed by atoms with Gasteiger partial charge in [0.05, 0.1) is 0 Å². The average molecular weight is 405 g/mol. The molecule has 24 heavy (non-hydrogen) atoms. The van der Waals surface area contributed by atoms with Crippen LogP contribution in [0.1, 0.15) is 11.1 Å². The number of aromatic nitrogens is 1. The van der Waals surface area contributed by atoms with Crippen molar-refractivity contribution < 1.29 is 14.2 Å². The highest BCUT2D eigenvalue weighted by atomic mass is 79.9. The minimum Gasteiger partial charge on any atom is -0.321 e. The van der Waals surface area contributed by atoms with Gasteiger partial charge in [-0.05, 0) is 39.8 Å². The van der Waals surface area contributed by atoms with E-state index in [9.17, 15) is 9.59 Å². The molecule has 0 radical (unpaired) electrons. The number of aryl methyl sites for hydroxylation is 1. The maximum absolute atomic E-state index is 12.3. The van der Waals surface area contributed by atoms with Gasteiger partial charge in [-0.15, -0.1) is 0 Å². The van der Waals surface area contributed by atoms with E-state index in [2.05, 4.69) is 26.6 Å². The molecule has 1 aliphatic heterocycles. The highest BCUT2D eigenvalue weighted by Gasteiger charge is 2.39. The van der Waals surface area contributed by atoms with Crippen LogP contribution in [-0.4, -0.2) is 11.8 Å². The van der Waals surface area contributed by atoms with Crippen molar-refractivity contribution in [3.63, 3.8) is 0 Å². The Morgan fingerprint density at radius 3 is 2.62 bits per heavy atom. The molecule has 0 saturated carbocycles. The van der Waals surface area contributed by atoms with E-state index in [1.807, 2.05) is 54.1 Å². The Bertz CT molecular complexity index is 824. The molecule has 1 saturated heterocycles. The van der Waals surface area contributed by atoms with Crippen LogP contribution in [0.15, 0.2) is 64.2 Å². The number of anilines is 1. The molecular weight excluding hydrogens is 390 g/mol. The molecule has 0 bridgehead atoms. The summed E-state index contributed by atoms with van der Waals surface area (Å²) in [6, 6.07) is 14.9. The van der Waals surface area contributed by atoms with Gasteiger partial charge in [0.25, 0.3) is 11.3 Å². The van der Waals surface area contributed by atoms with Crippen molar-refractivity contribution in [1.82, 2.24) is 5.32 Å². The molecule has 2 heterocycles. The lowest BCUT2D eigenvalue weighted by Crippen LogP contribution is -2.44. The number of para-hydroxylation sites is 1. The summed E-state index contributed by atoms with van der Waals surface area (Å²) in [6.07, 6.45) is 1.85. The number of nitrogens with one attached hydrogen (secondary N) is 2. The normalized spacial score (nSPS) is 18.9. The zero-order valence-corrected chi connectivity index (χ0v) is 15.2. The predicted octanol–water partition coefficient (Wildman–Crippen LogP) is 2.85. The van der Waals surface area contributed by atoms with Gasteiger partial charge in [0, 0.05) is 24.7 Å². The molecule has 1 aromatic heterocycles. The van der Waals surface area contributed by atoms with Gasteiger partial charge in [0.15, 0.2) is 11.9 Å². The molecule has 1 unspecified atom stereocenters. The van der Waals surface area contributed by atoms with Crippen LogP contribution in [0.25, 0.3) is 0 Å². The Morgan fingerprint density at radius 2 is 1.92 bits per heavy atom. The first kappa shape index (κ1) is 16.7. The third-order valence-corrected chi connectivity index (χ3v) is 5.70. The molecule has 0 aliphatic carbocycles. The van der Waals surface area contributed by atoms with E-state index in [0.717, 1.165) is 5.69 Å². The summed E-state index contributed by atoms with van der Waals surface area (Å²) in [5.41, 5.74) is 1.66. The Balaban J connectivity index is 1.80. The standard InChI is InChI=1S/C17H14BrN3O2S/c1-11-7-5-6-10-21(11)17-15(23)20-16(24-17)13(18)14(22)19-12-8-3-2-4-9-12/h2-10,17H,1H3,(H-,19,20,22,23)/p+1. The molecule has 0 spiro atoms. The Hall–Kier alpha value is -2.12. The molecule has 122 valence electrons. The van der Waals surface area contributed by atoms with Crippen LogP contribution >= 0.6 is 27.7 Å². The van der Waals surface area contributed by atoms with E-state index in [4.69, 9.17) is 0 Å². The number of nitrogens with zero attached hydrogens (tertiary/aromatic N) is 1. The topological polar surface area (TPSA) is 62.1 Å². The van der Waals surface area contributed by atoms with E-state index < -0.39 is 5.37 Å². The summed E-state index contributed by atoms with van der Waals surface area (Å²) >= 11 is 4.60. The second-order valence-electron chi connectivity index (χ2n) is 5.17. The van der Waals surface area contributed by atoms with Crippen LogP contribution in [0.2, 0.25) is 0 Å². The van der Waals surface area contributed by atoms with Crippen molar-refractivity contribution in [3.05, 3.63) is 69.9 Å². The number of benzene rings is 1. The van der Waals surface area contributed by atoms with Crippen LogP contribution in [0.4, 0.5) is 5.69 Å². The number of thioether (sulfide) groups is 1. The van der Waals surface area contributed by atoms with Crippen LogP contribution in [0.3, 0.4) is 0 Å². The molecule has 7 heteroatoms. The minimum atomic E-state index is -0.432. The highest BCUT2D eigenvalue weighted by Crippen LogP contribution is 2.35. The first-order chi connectivity index (χ1) is 11.6. The maximum atomic E-state index is 12.3. The Kier molecular flexibility index (Phi) is 5.01. The summed E-state index contributed by atoms with van der Waals surface area (Å²) in [6.45, 7) is 1.94. The number of rotatable bonds is 3. The summed E-state index contributed by atoms with van der Waals surface area (Å²) < 4.78 is 2.18. The van der Waals surface area contributed by atoms with Crippen molar-refractivity contribution in [2.45, 2.75) is 12.3 Å². The number of halogens is 1. The van der Waals surface area contributed by atoms with Crippen molar-refractivity contribution in [3.8, 4) is 0 Å². The van der Waals surface area contributed by atoms with Crippen molar-refractivity contribution in [2.24, 2.45) is 0 Å². The van der Waals surface area contributed by atoms with Gasteiger partial charge in [-0.3, -0.25) is 9.59 Å². The lowest BCUT2D eigenvalue weighted by Gasteiger charge is -2.06. The summed E-state index contributed by atoms with van der Waals surface area (Å²) in [7, 11) is 0. The minimum absolute atomic E-state index is 0.154. The van der Waals surface area contributed by atoms with E-state index in [1.165, 1.54) is 11.8 Å². The van der Waals surface area contributed by atoms with E-state index in [-0.39, 0.29) is 11.8 Å². The Labute approximate surface area is 152 Å². The molecule has 1 fully saturated rings. The van der Waals surface area contributed by atoms with Gasteiger partial charge in [-0.25, -0.2) is 0 Å². The van der Waals surface area contributed by atoms with Gasteiger partial charge < -0.3 is 10.6 Å². The van der Waals surface area contributed by atoms with Crippen LogP contribution in [0.5, 0.6) is 0 Å². The molecule has 3 rings (SSSR count). The van der Waals surface area contributed by atoms with Gasteiger partial charge in [-0.1, -0.05) is 24.3 Å². The fourth-order valence-corrected chi connectivity index (χ4v) is 3.85.